The number of fused-ring (bicyclic) bond motifs is 1. The zero-order valence-corrected chi connectivity index (χ0v) is 16.3. The number of aromatic nitrogens is 2. The Bertz CT molecular complexity index is 919. The van der Waals surface area contributed by atoms with Gasteiger partial charge in [-0.15, -0.1) is 0 Å². The zero-order valence-electron chi connectivity index (χ0n) is 16.3. The number of methoxy groups -OCH3 is 1. The fraction of sp³-hybridized carbons (Fsp3) is 0.409. The van der Waals surface area contributed by atoms with E-state index in [-0.39, 0.29) is 6.10 Å². The van der Waals surface area contributed by atoms with Gasteiger partial charge in [0, 0.05) is 31.9 Å². The molecule has 1 aliphatic rings. The molecule has 1 saturated heterocycles. The van der Waals surface area contributed by atoms with Gasteiger partial charge in [0.1, 0.15) is 5.75 Å². The second kappa shape index (κ2) is 7.71. The Balaban J connectivity index is 1.51. The van der Waals surface area contributed by atoms with Crippen LogP contribution in [0.1, 0.15) is 37.3 Å². The Morgan fingerprint density at radius 2 is 2.00 bits per heavy atom. The molecule has 0 aliphatic carbocycles. The lowest BCUT2D eigenvalue weighted by atomic mass is 10.0. The first-order valence-corrected chi connectivity index (χ1v) is 9.56. The third kappa shape index (κ3) is 3.84. The molecule has 1 fully saturated rings. The van der Waals surface area contributed by atoms with E-state index in [9.17, 15) is 0 Å². The summed E-state index contributed by atoms with van der Waals surface area (Å²) < 4.78 is 13.7. The van der Waals surface area contributed by atoms with Crippen molar-refractivity contribution < 1.29 is 9.47 Å². The topological polar surface area (TPSA) is 39.5 Å². The summed E-state index contributed by atoms with van der Waals surface area (Å²) in [6.07, 6.45) is 4.00. The number of ether oxygens (including phenoxy) is 2. The third-order valence-electron chi connectivity index (χ3n) is 5.28. The molecule has 2 aromatic carbocycles. The lowest BCUT2D eigenvalue weighted by molar-refractivity contribution is -0.0335. The third-order valence-corrected chi connectivity index (χ3v) is 5.28. The summed E-state index contributed by atoms with van der Waals surface area (Å²) >= 11 is 0. The van der Waals surface area contributed by atoms with Crippen LogP contribution in [0.3, 0.4) is 0 Å². The van der Waals surface area contributed by atoms with Crippen LogP contribution in [0.5, 0.6) is 5.75 Å². The van der Waals surface area contributed by atoms with Crippen LogP contribution in [0.25, 0.3) is 10.8 Å². The van der Waals surface area contributed by atoms with E-state index >= 15 is 0 Å². The summed E-state index contributed by atoms with van der Waals surface area (Å²) in [5.74, 6) is 0.886. The van der Waals surface area contributed by atoms with E-state index in [2.05, 4.69) is 58.6 Å². The Labute approximate surface area is 160 Å². The molecule has 0 amide bonds. The van der Waals surface area contributed by atoms with Crippen LogP contribution >= 0.6 is 0 Å². The van der Waals surface area contributed by atoms with E-state index in [1.165, 1.54) is 22.0 Å². The molecule has 5 heteroatoms. The summed E-state index contributed by atoms with van der Waals surface area (Å²) in [6, 6.07) is 13.2. The number of hydrogen-bond acceptors (Lipinski definition) is 4. The van der Waals surface area contributed by atoms with Gasteiger partial charge in [-0.1, -0.05) is 18.2 Å². The standard InChI is InChI=1S/C22H27N3O2/c1-16(2)25-15-23-12-20(25)13-24-8-9-27-22(14-24)19-5-4-18-11-21(26-3)7-6-17(18)10-19/h4-7,10-12,15-16,22H,8-9,13-14H2,1-3H3/t22-/m0/s1. The normalized spacial score (nSPS) is 18.3. The molecule has 27 heavy (non-hydrogen) atoms. The Hall–Kier alpha value is -2.37. The predicted octanol–water partition coefficient (Wildman–Crippen LogP) is 4.20. The van der Waals surface area contributed by atoms with E-state index in [0.29, 0.717) is 6.04 Å². The fourth-order valence-electron chi connectivity index (χ4n) is 3.77. The first-order valence-electron chi connectivity index (χ1n) is 9.56. The maximum Gasteiger partial charge on any atom is 0.119 e. The van der Waals surface area contributed by atoms with E-state index < -0.39 is 0 Å². The molecule has 2 heterocycles. The Kier molecular flexibility index (Phi) is 5.14. The monoisotopic (exact) mass is 365 g/mol. The second-order valence-corrected chi connectivity index (χ2v) is 7.45. The molecule has 0 radical (unpaired) electrons. The highest BCUT2D eigenvalue weighted by molar-refractivity contribution is 5.84. The molecular formula is C22H27N3O2. The average Bonchev–Trinajstić information content (AvgIpc) is 3.16. The molecule has 0 bridgehead atoms. The molecule has 1 aliphatic heterocycles. The van der Waals surface area contributed by atoms with Crippen molar-refractivity contribution in [3.8, 4) is 5.75 Å². The molecule has 0 N–H and O–H groups in total. The lowest BCUT2D eigenvalue weighted by Gasteiger charge is -2.33. The minimum atomic E-state index is 0.0978. The number of rotatable bonds is 5. The van der Waals surface area contributed by atoms with Crippen molar-refractivity contribution >= 4 is 10.8 Å². The van der Waals surface area contributed by atoms with Gasteiger partial charge >= 0.3 is 0 Å². The number of nitrogens with zero attached hydrogens (tertiary/aromatic N) is 3. The van der Waals surface area contributed by atoms with Crippen LogP contribution in [0.15, 0.2) is 48.9 Å². The molecule has 4 rings (SSSR count). The molecule has 1 atom stereocenters. The summed E-state index contributed by atoms with van der Waals surface area (Å²) in [6.45, 7) is 7.88. The van der Waals surface area contributed by atoms with Crippen LogP contribution in [-0.2, 0) is 11.3 Å². The first-order chi connectivity index (χ1) is 13.1. The lowest BCUT2D eigenvalue weighted by Crippen LogP contribution is -2.38. The minimum Gasteiger partial charge on any atom is -0.497 e. The molecule has 1 aromatic heterocycles. The van der Waals surface area contributed by atoms with Crippen LogP contribution in [0, 0.1) is 0 Å². The highest BCUT2D eigenvalue weighted by Crippen LogP contribution is 2.28. The highest BCUT2D eigenvalue weighted by atomic mass is 16.5. The molecule has 0 spiro atoms. The summed E-state index contributed by atoms with van der Waals surface area (Å²) in [5, 5.41) is 2.40. The largest absolute Gasteiger partial charge is 0.497 e. The fourth-order valence-corrected chi connectivity index (χ4v) is 3.77. The molecule has 0 saturated carbocycles. The van der Waals surface area contributed by atoms with Gasteiger partial charge in [0.25, 0.3) is 0 Å². The summed E-state index contributed by atoms with van der Waals surface area (Å²) in [5.41, 5.74) is 2.49. The molecule has 142 valence electrons. The number of imidazole rings is 1. The van der Waals surface area contributed by atoms with Gasteiger partial charge in [0.05, 0.1) is 31.8 Å². The van der Waals surface area contributed by atoms with Gasteiger partial charge in [0.2, 0.25) is 0 Å². The quantitative estimate of drug-likeness (QED) is 0.679. The summed E-state index contributed by atoms with van der Waals surface area (Å²) in [7, 11) is 1.70. The SMILES string of the molecule is COc1ccc2cc([C@@H]3CN(Cc4cncn4C(C)C)CCO3)ccc2c1. The van der Waals surface area contributed by atoms with Gasteiger partial charge < -0.3 is 14.0 Å². The van der Waals surface area contributed by atoms with Gasteiger partial charge in [-0.25, -0.2) is 4.98 Å². The molecule has 0 unspecified atom stereocenters. The number of morpholine rings is 1. The van der Waals surface area contributed by atoms with Crippen LogP contribution in [0.4, 0.5) is 0 Å². The van der Waals surface area contributed by atoms with Crippen molar-refractivity contribution in [1.82, 2.24) is 14.5 Å². The minimum absolute atomic E-state index is 0.0978. The van der Waals surface area contributed by atoms with Gasteiger partial charge in [0.15, 0.2) is 0 Å². The zero-order chi connectivity index (χ0) is 18.8. The van der Waals surface area contributed by atoms with E-state index in [4.69, 9.17) is 9.47 Å². The van der Waals surface area contributed by atoms with Gasteiger partial charge in [-0.05, 0) is 48.4 Å². The van der Waals surface area contributed by atoms with E-state index in [0.717, 1.165) is 32.0 Å². The van der Waals surface area contributed by atoms with Gasteiger partial charge in [-0.2, -0.15) is 0 Å². The van der Waals surface area contributed by atoms with Crippen LogP contribution in [0.2, 0.25) is 0 Å². The smallest absolute Gasteiger partial charge is 0.119 e. The first kappa shape index (κ1) is 18.0. The van der Waals surface area contributed by atoms with Crippen molar-refractivity contribution in [2.45, 2.75) is 32.5 Å². The maximum atomic E-state index is 6.10. The van der Waals surface area contributed by atoms with Crippen molar-refractivity contribution in [1.29, 1.82) is 0 Å². The van der Waals surface area contributed by atoms with Crippen molar-refractivity contribution in [2.24, 2.45) is 0 Å². The van der Waals surface area contributed by atoms with Gasteiger partial charge in [-0.3, -0.25) is 4.90 Å². The second-order valence-electron chi connectivity index (χ2n) is 7.45. The number of hydrogen-bond donors (Lipinski definition) is 0. The van der Waals surface area contributed by atoms with Crippen LogP contribution in [-0.4, -0.2) is 41.3 Å². The molecular weight excluding hydrogens is 338 g/mol. The molecule has 5 nitrogen and oxygen atoms in total. The van der Waals surface area contributed by atoms with Crippen molar-refractivity contribution in [3.63, 3.8) is 0 Å². The maximum absolute atomic E-state index is 6.10. The van der Waals surface area contributed by atoms with E-state index in [1.807, 2.05) is 18.6 Å². The van der Waals surface area contributed by atoms with Crippen LogP contribution < -0.4 is 4.74 Å². The van der Waals surface area contributed by atoms with Crippen molar-refractivity contribution in [2.75, 3.05) is 26.8 Å². The average molecular weight is 365 g/mol. The summed E-state index contributed by atoms with van der Waals surface area (Å²) in [4.78, 5) is 6.79. The molecule has 3 aromatic rings. The predicted molar refractivity (Wildman–Crippen MR) is 107 cm³/mol. The van der Waals surface area contributed by atoms with Crippen molar-refractivity contribution in [3.05, 3.63) is 60.2 Å². The Morgan fingerprint density at radius 3 is 2.81 bits per heavy atom. The van der Waals surface area contributed by atoms with E-state index in [1.54, 1.807) is 7.11 Å². The number of benzene rings is 2. The highest BCUT2D eigenvalue weighted by Gasteiger charge is 2.23. The Morgan fingerprint density at radius 1 is 1.19 bits per heavy atom.